The fraction of sp³-hybridized carbons (Fsp3) is 0.100. The fourth-order valence-corrected chi connectivity index (χ4v) is 8.64. The van der Waals surface area contributed by atoms with Crippen molar-refractivity contribution in [3.63, 3.8) is 0 Å². The summed E-state index contributed by atoms with van der Waals surface area (Å²) in [6.45, 7) is 6.74. The molecule has 0 aliphatic heterocycles. The molecular formula is C40H32IrN3OP-2. The summed E-state index contributed by atoms with van der Waals surface area (Å²) in [7, 11) is -2.83. The average molecular weight is 794 g/mol. The molecule has 4 nitrogen and oxygen atoms in total. The summed E-state index contributed by atoms with van der Waals surface area (Å²) in [5.41, 5.74) is 6.47. The van der Waals surface area contributed by atoms with Crippen LogP contribution in [0.3, 0.4) is 0 Å². The zero-order valence-electron chi connectivity index (χ0n) is 25.8. The van der Waals surface area contributed by atoms with Crippen LogP contribution >= 0.6 is 7.14 Å². The van der Waals surface area contributed by atoms with Crippen molar-refractivity contribution in [1.82, 2.24) is 14.4 Å². The van der Waals surface area contributed by atoms with Gasteiger partial charge in [0.05, 0.1) is 16.7 Å². The standard InChI is InChI=1S/C22H18N3.C18H14OP.Ir/c1-22(2,3)15-9-6-12-18-19(15)20-14(8-7-13-23-20)21-24-16-10-4-5-11-17(16)25(18)21;19-20(16-10-4-1-5-11-16,17-12-6-2-7-13-17)18-14-8-3-9-15-18;/h4-7,9-13H,1-3H3;1-14H;/q2*-1;. The summed E-state index contributed by atoms with van der Waals surface area (Å²) >= 11 is 0. The summed E-state index contributed by atoms with van der Waals surface area (Å²) in [4.78, 5) is 9.60. The predicted octanol–water partition coefficient (Wildman–Crippen LogP) is 8.41. The molecule has 0 aliphatic rings. The smallest absolute Gasteiger partial charge is 0.147 e. The molecule has 0 atom stereocenters. The molecule has 0 bridgehead atoms. The van der Waals surface area contributed by atoms with Gasteiger partial charge in [-0.3, -0.25) is 4.98 Å². The second kappa shape index (κ2) is 12.8. The Labute approximate surface area is 282 Å². The minimum absolute atomic E-state index is 0. The number of pyridine rings is 2. The van der Waals surface area contributed by atoms with Gasteiger partial charge in [-0.25, -0.2) is 0 Å². The van der Waals surface area contributed by atoms with Gasteiger partial charge in [0.1, 0.15) is 7.14 Å². The Hall–Kier alpha value is -4.40. The Morgan fingerprint density at radius 2 is 1.30 bits per heavy atom. The van der Waals surface area contributed by atoms with Crippen molar-refractivity contribution >= 4 is 61.5 Å². The van der Waals surface area contributed by atoms with E-state index in [1.807, 2.05) is 103 Å². The maximum atomic E-state index is 13.8. The molecule has 8 aromatic rings. The molecule has 3 aromatic heterocycles. The van der Waals surface area contributed by atoms with Gasteiger partial charge in [0.25, 0.3) is 0 Å². The van der Waals surface area contributed by atoms with Crippen LogP contribution in [0.5, 0.6) is 0 Å². The fourth-order valence-electron chi connectivity index (χ4n) is 6.05. The Balaban J connectivity index is 0.000000162. The summed E-state index contributed by atoms with van der Waals surface area (Å²) in [5, 5.41) is 4.60. The van der Waals surface area contributed by atoms with Crippen molar-refractivity contribution < 1.29 is 24.7 Å². The summed E-state index contributed by atoms with van der Waals surface area (Å²) in [6.07, 6.45) is 1.82. The van der Waals surface area contributed by atoms with Crippen LogP contribution in [0.4, 0.5) is 0 Å². The number of aromatic nitrogens is 3. The number of rotatable bonds is 3. The molecule has 0 amide bonds. The third-order valence-corrected chi connectivity index (χ3v) is 11.1. The third-order valence-electron chi connectivity index (χ3n) is 8.13. The van der Waals surface area contributed by atoms with Crippen molar-refractivity contribution in [2.75, 3.05) is 0 Å². The monoisotopic (exact) mass is 794 g/mol. The minimum Gasteiger partial charge on any atom is -0.351 e. The number of nitrogens with zero attached hydrogens (tertiary/aromatic N) is 3. The second-order valence-corrected chi connectivity index (χ2v) is 14.8. The van der Waals surface area contributed by atoms with Gasteiger partial charge in [0.15, 0.2) is 0 Å². The Morgan fingerprint density at radius 3 is 1.96 bits per heavy atom. The van der Waals surface area contributed by atoms with Gasteiger partial charge in [-0.1, -0.05) is 123 Å². The molecule has 0 N–H and O–H groups in total. The molecule has 8 rings (SSSR count). The summed E-state index contributed by atoms with van der Waals surface area (Å²) in [6, 6.07) is 50.0. The van der Waals surface area contributed by atoms with Crippen molar-refractivity contribution in [3.8, 4) is 0 Å². The van der Waals surface area contributed by atoms with E-state index in [-0.39, 0.29) is 25.5 Å². The van der Waals surface area contributed by atoms with Gasteiger partial charge in [-0.05, 0) is 40.1 Å². The molecule has 3 heterocycles. The van der Waals surface area contributed by atoms with Gasteiger partial charge in [-0.2, -0.15) is 30.3 Å². The van der Waals surface area contributed by atoms with Crippen molar-refractivity contribution in [3.05, 3.63) is 157 Å². The van der Waals surface area contributed by atoms with Crippen LogP contribution in [0.25, 0.3) is 38.5 Å². The van der Waals surface area contributed by atoms with E-state index in [4.69, 9.17) is 9.97 Å². The van der Waals surface area contributed by atoms with Crippen LogP contribution in [-0.2, 0) is 30.1 Å². The summed E-state index contributed by atoms with van der Waals surface area (Å²) < 4.78 is 16.0. The Bertz CT molecular complexity index is 2230. The van der Waals surface area contributed by atoms with E-state index >= 15 is 0 Å². The second-order valence-electron chi connectivity index (χ2n) is 12.1. The Kier molecular flexibility index (Phi) is 8.77. The van der Waals surface area contributed by atoms with Crippen molar-refractivity contribution in [1.29, 1.82) is 0 Å². The number of benzene rings is 5. The first-order valence-electron chi connectivity index (χ1n) is 15.0. The Morgan fingerprint density at radius 1 is 0.674 bits per heavy atom. The van der Waals surface area contributed by atoms with Crippen molar-refractivity contribution in [2.24, 2.45) is 0 Å². The van der Waals surface area contributed by atoms with Gasteiger partial charge in [0.2, 0.25) is 0 Å². The molecule has 0 saturated carbocycles. The zero-order chi connectivity index (χ0) is 31.0. The molecule has 46 heavy (non-hydrogen) atoms. The van der Waals surface area contributed by atoms with Gasteiger partial charge >= 0.3 is 0 Å². The molecule has 6 heteroatoms. The van der Waals surface area contributed by atoms with Gasteiger partial charge in [-0.15, -0.1) is 12.1 Å². The molecule has 0 saturated heterocycles. The van der Waals surface area contributed by atoms with Crippen LogP contribution in [0, 0.1) is 12.1 Å². The normalized spacial score (nSPS) is 11.7. The van der Waals surface area contributed by atoms with E-state index in [2.05, 4.69) is 73.7 Å². The topological polar surface area (TPSA) is 47.3 Å². The molecule has 0 unspecified atom stereocenters. The maximum Gasteiger partial charge on any atom is 0.147 e. The van der Waals surface area contributed by atoms with E-state index in [1.165, 1.54) is 10.9 Å². The number of fused-ring (bicyclic) bond motifs is 8. The molecule has 5 aromatic carbocycles. The first-order valence-corrected chi connectivity index (χ1v) is 16.8. The van der Waals surface area contributed by atoms with Crippen LogP contribution in [-0.4, -0.2) is 14.4 Å². The summed E-state index contributed by atoms with van der Waals surface area (Å²) in [5.74, 6) is 0. The first kappa shape index (κ1) is 31.6. The van der Waals surface area contributed by atoms with Crippen molar-refractivity contribution in [2.45, 2.75) is 26.2 Å². The minimum atomic E-state index is -2.83. The van der Waals surface area contributed by atoms with Crippen LogP contribution in [0.15, 0.2) is 140 Å². The van der Waals surface area contributed by atoms with E-state index in [9.17, 15) is 4.57 Å². The van der Waals surface area contributed by atoms with E-state index in [0.29, 0.717) is 0 Å². The molecule has 0 fully saturated rings. The zero-order valence-corrected chi connectivity index (χ0v) is 29.1. The van der Waals surface area contributed by atoms with Gasteiger partial charge in [0, 0.05) is 36.2 Å². The molecule has 0 aliphatic carbocycles. The van der Waals surface area contributed by atoms with E-state index < -0.39 is 7.14 Å². The largest absolute Gasteiger partial charge is 0.351 e. The maximum absolute atomic E-state index is 13.8. The molecule has 1 radical (unpaired) electrons. The first-order chi connectivity index (χ1) is 21.9. The molecular weight excluding hydrogens is 762 g/mol. The number of hydrogen-bond donors (Lipinski definition) is 0. The molecule has 229 valence electrons. The van der Waals surface area contributed by atoms with Crippen LogP contribution < -0.4 is 15.9 Å². The third kappa shape index (κ3) is 5.50. The van der Waals surface area contributed by atoms with Gasteiger partial charge < -0.3 is 13.9 Å². The van der Waals surface area contributed by atoms with E-state index in [0.717, 1.165) is 49.0 Å². The SMILES string of the molecule is CC(C)(C)c1cccc2c1c1ncc[c-]c1c1nc3ccccc3n21.O=P(c1[c-]cccc1)(c1ccccc1)c1ccccc1.[Ir]. The average Bonchev–Trinajstić information content (AvgIpc) is 3.49. The van der Waals surface area contributed by atoms with Crippen LogP contribution in [0.1, 0.15) is 26.3 Å². The number of imidazole rings is 1. The quantitative estimate of drug-likeness (QED) is 0.103. The predicted molar refractivity (Wildman–Crippen MR) is 188 cm³/mol. The van der Waals surface area contributed by atoms with Crippen LogP contribution in [0.2, 0.25) is 0 Å². The van der Waals surface area contributed by atoms with E-state index in [1.54, 1.807) is 0 Å². The molecule has 0 spiro atoms. The number of hydrogen-bond acceptors (Lipinski definition) is 3. The number of para-hydroxylation sites is 2.